The predicted molar refractivity (Wildman–Crippen MR) is 43.7 cm³/mol. The fourth-order valence-corrected chi connectivity index (χ4v) is 0.614. The highest BCUT2D eigenvalue weighted by atomic mass is 16.5. The molecule has 0 aliphatic rings. The fourth-order valence-electron chi connectivity index (χ4n) is 0.614. The Labute approximate surface area is 67.2 Å². The van der Waals surface area contributed by atoms with Crippen LogP contribution in [0.25, 0.3) is 0 Å². The van der Waals surface area contributed by atoms with Gasteiger partial charge in [-0.1, -0.05) is 26.5 Å². The van der Waals surface area contributed by atoms with E-state index in [0.717, 1.165) is 0 Å². The van der Waals surface area contributed by atoms with Gasteiger partial charge in [0.25, 0.3) is 0 Å². The summed E-state index contributed by atoms with van der Waals surface area (Å²) in [4.78, 5) is 10.6. The van der Waals surface area contributed by atoms with E-state index in [1.807, 2.05) is 19.8 Å². The number of carbonyl (C=O) groups excluding carboxylic acids is 1. The minimum Gasteiger partial charge on any atom is -0.448 e. The van der Waals surface area contributed by atoms with Crippen molar-refractivity contribution in [3.63, 3.8) is 0 Å². The molecule has 0 aromatic carbocycles. The van der Waals surface area contributed by atoms with Gasteiger partial charge in [0.1, 0.15) is 6.10 Å². The first-order chi connectivity index (χ1) is 5.11. The van der Waals surface area contributed by atoms with E-state index in [0.29, 0.717) is 0 Å². The molecule has 0 saturated carbocycles. The molecule has 0 aromatic heterocycles. The summed E-state index contributed by atoms with van der Waals surface area (Å²) >= 11 is 0. The smallest absolute Gasteiger partial charge is 0.384 e. The summed E-state index contributed by atoms with van der Waals surface area (Å²) in [6.45, 7) is 7.38. The zero-order valence-corrected chi connectivity index (χ0v) is 6.83. The average Bonchev–Trinajstić information content (AvgIpc) is 1.99. The first kappa shape index (κ1) is 9.77. The van der Waals surface area contributed by atoms with E-state index >= 15 is 0 Å². The summed E-state index contributed by atoms with van der Waals surface area (Å²) in [5.74, 6) is 1.45. The maximum atomic E-state index is 10.6. The van der Waals surface area contributed by atoms with E-state index in [9.17, 15) is 4.79 Å². The van der Waals surface area contributed by atoms with Crippen molar-refractivity contribution >= 4 is 5.97 Å². The van der Waals surface area contributed by atoms with Crippen molar-refractivity contribution in [2.75, 3.05) is 0 Å². The number of terminal acetylenes is 1. The van der Waals surface area contributed by atoms with Crippen LogP contribution >= 0.6 is 0 Å². The molecular weight excluding hydrogens is 140 g/mol. The van der Waals surface area contributed by atoms with E-state index in [2.05, 4.69) is 6.58 Å². The average molecular weight is 152 g/mol. The van der Waals surface area contributed by atoms with Crippen molar-refractivity contribution in [1.29, 1.82) is 0 Å². The van der Waals surface area contributed by atoms with E-state index in [1.165, 1.54) is 0 Å². The van der Waals surface area contributed by atoms with Crippen molar-refractivity contribution in [3.05, 3.63) is 12.7 Å². The van der Waals surface area contributed by atoms with Gasteiger partial charge < -0.3 is 4.74 Å². The van der Waals surface area contributed by atoms with Gasteiger partial charge in [-0.25, -0.2) is 4.79 Å². The van der Waals surface area contributed by atoms with Crippen molar-refractivity contribution in [3.8, 4) is 12.3 Å². The number of ether oxygens (including phenoxy) is 1. The van der Waals surface area contributed by atoms with Crippen LogP contribution in [0.1, 0.15) is 13.8 Å². The molecule has 11 heavy (non-hydrogen) atoms. The lowest BCUT2D eigenvalue weighted by atomic mass is 10.1. The van der Waals surface area contributed by atoms with Gasteiger partial charge in [0, 0.05) is 5.92 Å². The Kier molecular flexibility index (Phi) is 4.05. The predicted octanol–water partition coefficient (Wildman–Crippen LogP) is 1.37. The molecule has 0 saturated heterocycles. The maximum absolute atomic E-state index is 10.6. The Hall–Kier alpha value is -1.23. The summed E-state index contributed by atoms with van der Waals surface area (Å²) in [5.41, 5.74) is 0. The molecule has 0 spiro atoms. The molecule has 0 fully saturated rings. The third kappa shape index (κ3) is 3.47. The largest absolute Gasteiger partial charge is 0.448 e. The van der Waals surface area contributed by atoms with Crippen molar-refractivity contribution in [2.45, 2.75) is 20.0 Å². The molecule has 0 amide bonds. The molecule has 0 aromatic rings. The van der Waals surface area contributed by atoms with Gasteiger partial charge in [-0.3, -0.25) is 0 Å². The van der Waals surface area contributed by atoms with Crippen LogP contribution in [0.3, 0.4) is 0 Å². The molecule has 0 rings (SSSR count). The van der Waals surface area contributed by atoms with Crippen molar-refractivity contribution < 1.29 is 9.53 Å². The number of esters is 1. The lowest BCUT2D eigenvalue weighted by molar-refractivity contribution is -0.141. The zero-order valence-electron chi connectivity index (χ0n) is 6.83. The molecule has 0 radical (unpaired) electrons. The summed E-state index contributed by atoms with van der Waals surface area (Å²) in [5, 5.41) is 0. The maximum Gasteiger partial charge on any atom is 0.384 e. The molecule has 1 unspecified atom stereocenters. The van der Waals surface area contributed by atoms with Gasteiger partial charge in [0.15, 0.2) is 0 Å². The van der Waals surface area contributed by atoms with Crippen molar-refractivity contribution in [1.82, 2.24) is 0 Å². The van der Waals surface area contributed by atoms with Crippen LogP contribution in [0.4, 0.5) is 0 Å². The quantitative estimate of drug-likeness (QED) is 0.264. The van der Waals surface area contributed by atoms with Gasteiger partial charge in [-0.15, -0.1) is 6.42 Å². The molecule has 0 heterocycles. The highest BCUT2D eigenvalue weighted by Gasteiger charge is 2.12. The molecule has 2 nitrogen and oxygen atoms in total. The van der Waals surface area contributed by atoms with Crippen LogP contribution in [0, 0.1) is 18.3 Å². The Bertz CT molecular complexity index is 186. The topological polar surface area (TPSA) is 26.3 Å². The molecule has 60 valence electrons. The van der Waals surface area contributed by atoms with Crippen molar-refractivity contribution in [2.24, 2.45) is 5.92 Å². The van der Waals surface area contributed by atoms with Gasteiger partial charge in [-0.05, 0) is 5.92 Å². The van der Waals surface area contributed by atoms with Gasteiger partial charge >= 0.3 is 5.97 Å². The Balaban J connectivity index is 4.00. The fraction of sp³-hybridized carbons (Fsp3) is 0.444. The second-order valence-corrected chi connectivity index (χ2v) is 2.49. The van der Waals surface area contributed by atoms with E-state index in [-0.39, 0.29) is 12.0 Å². The SMILES string of the molecule is C#CC(=O)OC(C=C)C(C)C. The number of hydrogen-bond donors (Lipinski definition) is 0. The molecular formula is C9H12O2. The molecule has 2 heteroatoms. The number of carbonyl (C=O) groups is 1. The van der Waals surface area contributed by atoms with Gasteiger partial charge in [0.2, 0.25) is 0 Å². The second kappa shape index (κ2) is 4.56. The number of rotatable bonds is 3. The standard InChI is InChI=1S/C9H12O2/c1-5-8(7(3)4)11-9(10)6-2/h2,5,7-8H,1H2,3-4H3. The van der Waals surface area contributed by atoms with E-state index < -0.39 is 5.97 Å². The number of hydrogen-bond acceptors (Lipinski definition) is 2. The Morgan fingerprint density at radius 3 is 2.55 bits per heavy atom. The van der Waals surface area contributed by atoms with Crippen LogP contribution in [-0.4, -0.2) is 12.1 Å². The molecule has 1 atom stereocenters. The normalized spacial score (nSPS) is 11.8. The third-order valence-corrected chi connectivity index (χ3v) is 1.25. The van der Waals surface area contributed by atoms with E-state index in [4.69, 9.17) is 11.2 Å². The summed E-state index contributed by atoms with van der Waals surface area (Å²) in [6, 6.07) is 0. The lowest BCUT2D eigenvalue weighted by Gasteiger charge is -2.15. The first-order valence-corrected chi connectivity index (χ1v) is 3.41. The molecule has 0 N–H and O–H groups in total. The van der Waals surface area contributed by atoms with Crippen LogP contribution < -0.4 is 0 Å². The monoisotopic (exact) mass is 152 g/mol. The first-order valence-electron chi connectivity index (χ1n) is 3.41. The Morgan fingerprint density at radius 2 is 2.27 bits per heavy atom. The third-order valence-electron chi connectivity index (χ3n) is 1.25. The highest BCUT2D eigenvalue weighted by Crippen LogP contribution is 2.06. The van der Waals surface area contributed by atoms with Crippen LogP contribution in [0.5, 0.6) is 0 Å². The lowest BCUT2D eigenvalue weighted by Crippen LogP contribution is -2.20. The summed E-state index contributed by atoms with van der Waals surface area (Å²) < 4.78 is 4.82. The summed E-state index contributed by atoms with van der Waals surface area (Å²) in [6.07, 6.45) is 6.11. The Morgan fingerprint density at radius 1 is 1.73 bits per heavy atom. The van der Waals surface area contributed by atoms with Gasteiger partial charge in [0.05, 0.1) is 0 Å². The second-order valence-electron chi connectivity index (χ2n) is 2.49. The van der Waals surface area contributed by atoms with Gasteiger partial charge in [-0.2, -0.15) is 0 Å². The highest BCUT2D eigenvalue weighted by molar-refractivity contribution is 5.87. The zero-order chi connectivity index (χ0) is 8.85. The van der Waals surface area contributed by atoms with E-state index in [1.54, 1.807) is 6.08 Å². The van der Waals surface area contributed by atoms with Crippen LogP contribution in [0.15, 0.2) is 12.7 Å². The molecule has 0 aliphatic heterocycles. The minimum absolute atomic E-state index is 0.213. The molecule has 0 aliphatic carbocycles. The molecule has 0 bridgehead atoms. The van der Waals surface area contributed by atoms with Crippen LogP contribution in [-0.2, 0) is 9.53 Å². The summed E-state index contributed by atoms with van der Waals surface area (Å²) in [7, 11) is 0. The van der Waals surface area contributed by atoms with Crippen LogP contribution in [0.2, 0.25) is 0 Å². The minimum atomic E-state index is -0.636.